The molecule has 0 saturated carbocycles. The Morgan fingerprint density at radius 2 is 1.88 bits per heavy atom. The van der Waals surface area contributed by atoms with Crippen LogP contribution in [0.2, 0.25) is 5.02 Å². The third kappa shape index (κ3) is 3.35. The molecule has 0 radical (unpaired) electrons. The lowest BCUT2D eigenvalue weighted by Crippen LogP contribution is -2.28. The second kappa shape index (κ2) is 7.30. The Kier molecular flexibility index (Phi) is 5.09. The number of carbonyl (C=O) groups excluding carboxylic acids is 1. The molecule has 0 aliphatic carbocycles. The molecule has 1 heterocycles. The van der Waals surface area contributed by atoms with Crippen molar-refractivity contribution in [2.24, 2.45) is 0 Å². The molecule has 1 aromatic heterocycles. The zero-order chi connectivity index (χ0) is 18.8. The van der Waals surface area contributed by atoms with Crippen LogP contribution in [-0.2, 0) is 0 Å². The van der Waals surface area contributed by atoms with Crippen LogP contribution in [0, 0.1) is 19.7 Å². The smallest absolute Gasteiger partial charge is 0.256 e. The van der Waals surface area contributed by atoms with Crippen LogP contribution >= 0.6 is 11.6 Å². The first-order chi connectivity index (χ1) is 12.4. The maximum absolute atomic E-state index is 14.1. The number of para-hydroxylation sites is 1. The second-order valence-electron chi connectivity index (χ2n) is 6.18. The van der Waals surface area contributed by atoms with Gasteiger partial charge in [-0.1, -0.05) is 35.9 Å². The van der Waals surface area contributed by atoms with E-state index in [1.54, 1.807) is 23.9 Å². The first kappa shape index (κ1) is 18.1. The topological polar surface area (TPSA) is 46.9 Å². The number of hydrogen-bond acceptors (Lipinski definition) is 2. The lowest BCUT2D eigenvalue weighted by atomic mass is 10.1. The van der Waals surface area contributed by atoms with Gasteiger partial charge in [0.05, 0.1) is 28.5 Å². The number of hydrogen-bond donors (Lipinski definition) is 1. The fraction of sp³-hybridized carbons (Fsp3) is 0.200. The van der Waals surface area contributed by atoms with E-state index in [1.165, 1.54) is 6.07 Å². The predicted molar refractivity (Wildman–Crippen MR) is 100 cm³/mol. The van der Waals surface area contributed by atoms with Gasteiger partial charge in [-0.05, 0) is 44.5 Å². The number of aromatic nitrogens is 2. The van der Waals surface area contributed by atoms with Crippen molar-refractivity contribution in [1.82, 2.24) is 15.1 Å². The minimum Gasteiger partial charge on any atom is -0.345 e. The first-order valence-corrected chi connectivity index (χ1v) is 8.63. The lowest BCUT2D eigenvalue weighted by Gasteiger charge is -2.16. The van der Waals surface area contributed by atoms with E-state index in [9.17, 15) is 9.18 Å². The van der Waals surface area contributed by atoms with Gasteiger partial charge >= 0.3 is 0 Å². The van der Waals surface area contributed by atoms with Crippen molar-refractivity contribution in [3.05, 3.63) is 81.9 Å². The minimum absolute atomic E-state index is 0.131. The Morgan fingerprint density at radius 1 is 1.19 bits per heavy atom. The highest BCUT2D eigenvalue weighted by atomic mass is 35.5. The normalized spacial score (nSPS) is 12.0. The second-order valence-corrected chi connectivity index (χ2v) is 6.56. The van der Waals surface area contributed by atoms with Gasteiger partial charge in [0.25, 0.3) is 5.91 Å². The van der Waals surface area contributed by atoms with E-state index in [0.29, 0.717) is 5.56 Å². The zero-order valence-electron chi connectivity index (χ0n) is 14.8. The number of amides is 1. The lowest BCUT2D eigenvalue weighted by molar-refractivity contribution is 0.0936. The number of nitrogens with one attached hydrogen (secondary N) is 1. The van der Waals surface area contributed by atoms with Crippen LogP contribution in [0.1, 0.15) is 40.1 Å². The zero-order valence-corrected chi connectivity index (χ0v) is 15.5. The predicted octanol–water partition coefficient (Wildman–Crippen LogP) is 4.77. The van der Waals surface area contributed by atoms with E-state index in [1.807, 2.05) is 44.2 Å². The van der Waals surface area contributed by atoms with Crippen LogP contribution in [0.3, 0.4) is 0 Å². The Morgan fingerprint density at radius 3 is 2.58 bits per heavy atom. The van der Waals surface area contributed by atoms with Gasteiger partial charge in [0.2, 0.25) is 0 Å². The van der Waals surface area contributed by atoms with E-state index in [2.05, 4.69) is 10.4 Å². The van der Waals surface area contributed by atoms with Crippen molar-refractivity contribution in [3.8, 4) is 5.69 Å². The number of nitrogens with zero attached hydrogens (tertiary/aromatic N) is 2. The summed E-state index contributed by atoms with van der Waals surface area (Å²) >= 11 is 6.12. The van der Waals surface area contributed by atoms with Gasteiger partial charge in [0, 0.05) is 11.3 Å². The van der Waals surface area contributed by atoms with Crippen molar-refractivity contribution < 1.29 is 9.18 Å². The summed E-state index contributed by atoms with van der Waals surface area (Å²) < 4.78 is 15.9. The van der Waals surface area contributed by atoms with Crippen molar-refractivity contribution in [3.63, 3.8) is 0 Å². The van der Waals surface area contributed by atoms with Crippen LogP contribution in [0.15, 0.2) is 48.7 Å². The van der Waals surface area contributed by atoms with Gasteiger partial charge in [-0.3, -0.25) is 4.79 Å². The summed E-state index contributed by atoms with van der Waals surface area (Å²) in [5.74, 6) is -1.18. The SMILES string of the molecule is Cc1ccc(F)c(C(=O)NC(C)c2cnn(-c3ccccc3)c2C)c1Cl. The highest BCUT2D eigenvalue weighted by molar-refractivity contribution is 6.34. The fourth-order valence-corrected chi connectivity index (χ4v) is 3.13. The maximum atomic E-state index is 14.1. The molecular weight excluding hydrogens is 353 g/mol. The molecule has 4 nitrogen and oxygen atoms in total. The van der Waals surface area contributed by atoms with Gasteiger partial charge in [0.15, 0.2) is 0 Å². The van der Waals surface area contributed by atoms with Gasteiger partial charge in [-0.2, -0.15) is 5.10 Å². The van der Waals surface area contributed by atoms with Crippen LogP contribution in [0.4, 0.5) is 4.39 Å². The van der Waals surface area contributed by atoms with Crippen LogP contribution < -0.4 is 5.32 Å². The third-order valence-electron chi connectivity index (χ3n) is 4.37. The summed E-state index contributed by atoms with van der Waals surface area (Å²) in [6.45, 7) is 5.49. The van der Waals surface area contributed by atoms with Gasteiger partial charge < -0.3 is 5.32 Å². The molecular formula is C20H19ClFN3O. The quantitative estimate of drug-likeness (QED) is 0.717. The summed E-state index contributed by atoms with van der Waals surface area (Å²) in [6, 6.07) is 12.2. The minimum atomic E-state index is -0.637. The molecule has 0 saturated heterocycles. The van der Waals surface area contributed by atoms with Crippen molar-refractivity contribution in [2.45, 2.75) is 26.8 Å². The fourth-order valence-electron chi connectivity index (χ4n) is 2.89. The molecule has 1 N–H and O–H groups in total. The summed E-state index contributed by atoms with van der Waals surface area (Å²) in [4.78, 5) is 12.5. The molecule has 2 aromatic carbocycles. The van der Waals surface area contributed by atoms with E-state index in [-0.39, 0.29) is 16.6 Å². The number of carbonyl (C=O) groups is 1. The van der Waals surface area contributed by atoms with Gasteiger partial charge in [-0.15, -0.1) is 0 Å². The number of benzene rings is 2. The maximum Gasteiger partial charge on any atom is 0.256 e. The summed E-state index contributed by atoms with van der Waals surface area (Å²) in [6.07, 6.45) is 1.71. The molecule has 6 heteroatoms. The summed E-state index contributed by atoms with van der Waals surface area (Å²) in [5, 5.41) is 7.34. The number of rotatable bonds is 4. The largest absolute Gasteiger partial charge is 0.345 e. The molecule has 3 aromatic rings. The average molecular weight is 372 g/mol. The van der Waals surface area contributed by atoms with E-state index in [4.69, 9.17) is 11.6 Å². The molecule has 1 amide bonds. The molecule has 26 heavy (non-hydrogen) atoms. The van der Waals surface area contributed by atoms with E-state index in [0.717, 1.165) is 16.9 Å². The van der Waals surface area contributed by atoms with Crippen LogP contribution in [0.25, 0.3) is 5.69 Å². The standard InChI is InChI=1S/C20H19ClFN3O/c1-12-9-10-17(22)18(19(12)21)20(26)24-13(2)16-11-23-25(14(16)3)15-7-5-4-6-8-15/h4-11,13H,1-3H3,(H,24,26). The van der Waals surface area contributed by atoms with Gasteiger partial charge in [0.1, 0.15) is 5.82 Å². The molecule has 0 aliphatic rings. The average Bonchev–Trinajstić information content (AvgIpc) is 3.01. The number of aryl methyl sites for hydroxylation is 1. The van der Waals surface area contributed by atoms with Crippen molar-refractivity contribution >= 4 is 17.5 Å². The molecule has 0 bridgehead atoms. The molecule has 1 unspecified atom stereocenters. The number of halogens is 2. The Bertz CT molecular complexity index is 953. The molecule has 1 atom stereocenters. The molecule has 134 valence electrons. The summed E-state index contributed by atoms with van der Waals surface area (Å²) in [5.41, 5.74) is 3.21. The van der Waals surface area contributed by atoms with Crippen molar-refractivity contribution in [2.75, 3.05) is 0 Å². The summed E-state index contributed by atoms with van der Waals surface area (Å²) in [7, 11) is 0. The molecule has 0 fully saturated rings. The molecule has 0 aliphatic heterocycles. The van der Waals surface area contributed by atoms with Gasteiger partial charge in [-0.25, -0.2) is 9.07 Å². The van der Waals surface area contributed by atoms with Crippen LogP contribution in [0.5, 0.6) is 0 Å². The van der Waals surface area contributed by atoms with Crippen molar-refractivity contribution in [1.29, 1.82) is 0 Å². The first-order valence-electron chi connectivity index (χ1n) is 8.25. The highest BCUT2D eigenvalue weighted by Crippen LogP contribution is 2.25. The Balaban J connectivity index is 1.86. The highest BCUT2D eigenvalue weighted by Gasteiger charge is 2.21. The van der Waals surface area contributed by atoms with E-state index < -0.39 is 11.7 Å². The monoisotopic (exact) mass is 371 g/mol. The van der Waals surface area contributed by atoms with Crippen LogP contribution in [-0.4, -0.2) is 15.7 Å². The molecule has 0 spiro atoms. The third-order valence-corrected chi connectivity index (χ3v) is 4.86. The Labute approximate surface area is 156 Å². The molecule has 3 rings (SSSR count). The van der Waals surface area contributed by atoms with E-state index >= 15 is 0 Å². The Hall–Kier alpha value is -2.66.